The molecule has 2 heterocycles. The molecule has 1 N–H and O–H groups in total. The number of halogens is 2. The minimum atomic E-state index is 0.335. The first kappa shape index (κ1) is 14.4. The lowest BCUT2D eigenvalue weighted by Crippen LogP contribution is -2.20. The van der Waals surface area contributed by atoms with Crippen molar-refractivity contribution in [2.24, 2.45) is 0 Å². The fourth-order valence-corrected chi connectivity index (χ4v) is 3.81. The highest BCUT2D eigenvalue weighted by atomic mass is 79.9. The van der Waals surface area contributed by atoms with E-state index < -0.39 is 0 Å². The highest BCUT2D eigenvalue weighted by Gasteiger charge is 2.19. The summed E-state index contributed by atoms with van der Waals surface area (Å²) in [5.74, 6) is 0.985. The molecule has 3 rings (SSSR count). The maximum atomic E-state index is 5.97. The van der Waals surface area contributed by atoms with Crippen LogP contribution in [0.1, 0.15) is 29.3 Å². The van der Waals surface area contributed by atoms with Gasteiger partial charge in [-0.05, 0) is 37.1 Å². The number of thiophene rings is 1. The monoisotopic (exact) mass is 371 g/mol. The van der Waals surface area contributed by atoms with E-state index in [-0.39, 0.29) is 0 Å². The molecule has 2 aromatic rings. The van der Waals surface area contributed by atoms with Crippen molar-refractivity contribution in [2.45, 2.75) is 25.4 Å². The van der Waals surface area contributed by atoms with E-state index in [2.05, 4.69) is 45.5 Å². The Kier molecular flexibility index (Phi) is 4.66. The summed E-state index contributed by atoms with van der Waals surface area (Å²) in [6.45, 7) is 1.63. The molecule has 0 amide bonds. The fraction of sp³-hybridized carbons (Fsp3) is 0.333. The van der Waals surface area contributed by atoms with E-state index in [1.807, 2.05) is 6.07 Å². The van der Waals surface area contributed by atoms with Crippen LogP contribution >= 0.6 is 38.9 Å². The van der Waals surface area contributed by atoms with Crippen molar-refractivity contribution in [3.05, 3.63) is 49.6 Å². The van der Waals surface area contributed by atoms with Crippen molar-refractivity contribution in [3.63, 3.8) is 0 Å². The van der Waals surface area contributed by atoms with Gasteiger partial charge in [-0.2, -0.15) is 0 Å². The number of rotatable bonds is 3. The number of hydrogen-bond donors (Lipinski definition) is 1. The summed E-state index contributed by atoms with van der Waals surface area (Å²) in [6.07, 6.45) is 2.16. The first-order valence-electron chi connectivity index (χ1n) is 6.62. The Morgan fingerprint density at radius 2 is 2.25 bits per heavy atom. The second-order valence-corrected chi connectivity index (χ2v) is 7.53. The van der Waals surface area contributed by atoms with E-state index in [1.165, 1.54) is 10.4 Å². The van der Waals surface area contributed by atoms with E-state index in [9.17, 15) is 0 Å². The Bertz CT molecular complexity index is 601. The third kappa shape index (κ3) is 3.37. The molecule has 1 unspecified atom stereocenters. The van der Waals surface area contributed by atoms with Crippen LogP contribution in [0, 0.1) is 0 Å². The van der Waals surface area contributed by atoms with E-state index in [1.54, 1.807) is 11.3 Å². The van der Waals surface area contributed by atoms with Gasteiger partial charge in [0.2, 0.25) is 0 Å². The Hall–Kier alpha value is -0.550. The number of hydrogen-bond acceptors (Lipinski definition) is 3. The highest BCUT2D eigenvalue weighted by Crippen LogP contribution is 2.34. The zero-order valence-corrected chi connectivity index (χ0v) is 14.0. The molecular formula is C15H15BrClNOS. The number of fused-ring (bicyclic) bond motifs is 1. The van der Waals surface area contributed by atoms with Gasteiger partial charge < -0.3 is 10.1 Å². The molecule has 0 fully saturated rings. The number of benzene rings is 1. The van der Waals surface area contributed by atoms with Gasteiger partial charge in [-0.15, -0.1) is 11.3 Å². The van der Waals surface area contributed by atoms with Gasteiger partial charge >= 0.3 is 0 Å². The van der Waals surface area contributed by atoms with Crippen molar-refractivity contribution < 1.29 is 4.74 Å². The Labute approximate surface area is 136 Å². The minimum absolute atomic E-state index is 0.335. The molecule has 1 aromatic carbocycles. The Balaban J connectivity index is 1.76. The van der Waals surface area contributed by atoms with Crippen molar-refractivity contribution in [3.8, 4) is 5.75 Å². The fourth-order valence-electron chi connectivity index (χ4n) is 2.43. The number of nitrogens with one attached hydrogen (secondary N) is 1. The highest BCUT2D eigenvalue weighted by molar-refractivity contribution is 9.10. The molecule has 0 saturated heterocycles. The van der Waals surface area contributed by atoms with Crippen LogP contribution in [-0.4, -0.2) is 6.61 Å². The molecule has 0 spiro atoms. The average Bonchev–Trinajstić information content (AvgIpc) is 2.74. The standard InChI is InChI=1S/C15H15BrClNOS/c16-10-3-5-12-13(2-1-7-19-14(12)8-10)18-9-11-4-6-15(17)20-11/h3-6,8,13,18H,1-2,7,9H2. The molecule has 0 aliphatic carbocycles. The molecule has 20 heavy (non-hydrogen) atoms. The van der Waals surface area contributed by atoms with E-state index in [0.717, 1.165) is 40.6 Å². The molecule has 1 aliphatic heterocycles. The predicted molar refractivity (Wildman–Crippen MR) is 87.8 cm³/mol. The maximum Gasteiger partial charge on any atom is 0.125 e. The molecule has 0 radical (unpaired) electrons. The Morgan fingerprint density at radius 3 is 3.05 bits per heavy atom. The second-order valence-electron chi connectivity index (χ2n) is 4.81. The van der Waals surface area contributed by atoms with Crippen LogP contribution in [0.5, 0.6) is 5.75 Å². The van der Waals surface area contributed by atoms with E-state index in [4.69, 9.17) is 16.3 Å². The van der Waals surface area contributed by atoms with Gasteiger partial charge in [-0.1, -0.05) is 33.6 Å². The molecule has 2 nitrogen and oxygen atoms in total. The van der Waals surface area contributed by atoms with Crippen LogP contribution in [0.15, 0.2) is 34.8 Å². The van der Waals surface area contributed by atoms with Gasteiger partial charge in [0.05, 0.1) is 10.9 Å². The van der Waals surface area contributed by atoms with Gasteiger partial charge in [-0.3, -0.25) is 0 Å². The summed E-state index contributed by atoms with van der Waals surface area (Å²) in [5, 5.41) is 3.62. The quantitative estimate of drug-likeness (QED) is 0.802. The van der Waals surface area contributed by atoms with E-state index >= 15 is 0 Å². The van der Waals surface area contributed by atoms with Gasteiger partial charge in [0, 0.05) is 27.5 Å². The van der Waals surface area contributed by atoms with Crippen LogP contribution < -0.4 is 10.1 Å². The first-order chi connectivity index (χ1) is 9.72. The summed E-state index contributed by atoms with van der Waals surface area (Å²) in [7, 11) is 0. The summed E-state index contributed by atoms with van der Waals surface area (Å²) in [4.78, 5) is 1.26. The van der Waals surface area contributed by atoms with Crippen molar-refractivity contribution in [1.82, 2.24) is 5.32 Å². The molecule has 5 heteroatoms. The summed E-state index contributed by atoms with van der Waals surface area (Å²) >= 11 is 11.1. The molecule has 1 aliphatic rings. The summed E-state index contributed by atoms with van der Waals surface area (Å²) in [5.41, 5.74) is 1.24. The Morgan fingerprint density at radius 1 is 1.35 bits per heavy atom. The molecule has 1 atom stereocenters. The van der Waals surface area contributed by atoms with Gasteiger partial charge in [-0.25, -0.2) is 0 Å². The zero-order valence-electron chi connectivity index (χ0n) is 10.9. The zero-order chi connectivity index (χ0) is 13.9. The first-order valence-corrected chi connectivity index (χ1v) is 8.61. The topological polar surface area (TPSA) is 21.3 Å². The second kappa shape index (κ2) is 6.48. The molecule has 1 aromatic heterocycles. The molecule has 106 valence electrons. The van der Waals surface area contributed by atoms with Crippen molar-refractivity contribution >= 4 is 38.9 Å². The predicted octanol–water partition coefficient (Wildman–Crippen LogP) is 5.17. The smallest absolute Gasteiger partial charge is 0.125 e. The lowest BCUT2D eigenvalue weighted by molar-refractivity contribution is 0.315. The normalized spacial score (nSPS) is 18.2. The van der Waals surface area contributed by atoms with Crippen LogP contribution in [0.25, 0.3) is 0 Å². The van der Waals surface area contributed by atoms with Crippen LogP contribution in [-0.2, 0) is 6.54 Å². The van der Waals surface area contributed by atoms with Crippen LogP contribution in [0.2, 0.25) is 4.34 Å². The molecule has 0 bridgehead atoms. The maximum absolute atomic E-state index is 5.97. The SMILES string of the molecule is Clc1ccc(CNC2CCCOc3cc(Br)ccc32)s1. The lowest BCUT2D eigenvalue weighted by Gasteiger charge is -2.18. The molecule has 0 saturated carbocycles. The summed E-state index contributed by atoms with van der Waals surface area (Å²) in [6, 6.07) is 10.6. The van der Waals surface area contributed by atoms with Crippen LogP contribution in [0.4, 0.5) is 0 Å². The van der Waals surface area contributed by atoms with Crippen molar-refractivity contribution in [1.29, 1.82) is 0 Å². The third-order valence-corrected chi connectivity index (χ3v) is 5.12. The van der Waals surface area contributed by atoms with Gasteiger partial charge in [0.15, 0.2) is 0 Å². The van der Waals surface area contributed by atoms with E-state index in [0.29, 0.717) is 6.04 Å². The van der Waals surface area contributed by atoms with Crippen molar-refractivity contribution in [2.75, 3.05) is 6.61 Å². The lowest BCUT2D eigenvalue weighted by atomic mass is 10.0. The van der Waals surface area contributed by atoms with Crippen LogP contribution in [0.3, 0.4) is 0 Å². The van der Waals surface area contributed by atoms with Gasteiger partial charge in [0.1, 0.15) is 5.75 Å². The van der Waals surface area contributed by atoms with Gasteiger partial charge in [0.25, 0.3) is 0 Å². The average molecular weight is 373 g/mol. The minimum Gasteiger partial charge on any atom is -0.493 e. The largest absolute Gasteiger partial charge is 0.493 e. The third-order valence-electron chi connectivity index (χ3n) is 3.40. The summed E-state index contributed by atoms with van der Waals surface area (Å²) < 4.78 is 7.73. The number of ether oxygens (including phenoxy) is 1. The molecular weight excluding hydrogens is 358 g/mol.